The molecule has 0 amide bonds. The summed E-state index contributed by atoms with van der Waals surface area (Å²) >= 11 is 12.0. The van der Waals surface area contributed by atoms with Crippen molar-refractivity contribution in [2.45, 2.75) is 10.6 Å². The summed E-state index contributed by atoms with van der Waals surface area (Å²) in [6.07, 6.45) is 3.59. The molecule has 3 aromatic rings. The van der Waals surface area contributed by atoms with Crippen LogP contribution in [0.3, 0.4) is 0 Å². The van der Waals surface area contributed by atoms with Gasteiger partial charge in [-0.05, 0) is 47.5 Å². The maximum atomic E-state index is 13.3. The van der Waals surface area contributed by atoms with Crippen molar-refractivity contribution in [1.29, 1.82) is 0 Å². The maximum Gasteiger partial charge on any atom is 0.203 e. The SMILES string of the molecule is COc1cc(/C=C\c2ccc(OC)c(OC)c2CS(=O)(=O)c2ccc(Cl)c(Cl)c2)cc(OC)c1OC. The number of sulfone groups is 1. The lowest BCUT2D eigenvalue weighted by Gasteiger charge is -2.16. The molecule has 10 heteroatoms. The summed E-state index contributed by atoms with van der Waals surface area (Å²) < 4.78 is 53.8. The molecule has 0 aromatic heterocycles. The van der Waals surface area contributed by atoms with Crippen LogP contribution in [0, 0.1) is 0 Å². The van der Waals surface area contributed by atoms with Crippen molar-refractivity contribution in [3.63, 3.8) is 0 Å². The van der Waals surface area contributed by atoms with Crippen LogP contribution in [0.25, 0.3) is 12.2 Å². The van der Waals surface area contributed by atoms with Crippen molar-refractivity contribution in [2.75, 3.05) is 35.5 Å². The Labute approximate surface area is 221 Å². The zero-order valence-electron chi connectivity index (χ0n) is 20.4. The predicted octanol–water partition coefficient (Wildman–Crippen LogP) is 6.18. The van der Waals surface area contributed by atoms with Crippen molar-refractivity contribution in [2.24, 2.45) is 0 Å². The third kappa shape index (κ3) is 5.83. The predicted molar refractivity (Wildman–Crippen MR) is 142 cm³/mol. The van der Waals surface area contributed by atoms with Gasteiger partial charge in [0.2, 0.25) is 5.75 Å². The Hall–Kier alpha value is -3.07. The van der Waals surface area contributed by atoms with Crippen LogP contribution in [-0.2, 0) is 15.6 Å². The molecule has 3 aromatic carbocycles. The van der Waals surface area contributed by atoms with Gasteiger partial charge in [0.25, 0.3) is 0 Å². The number of methoxy groups -OCH3 is 5. The summed E-state index contributed by atoms with van der Waals surface area (Å²) in [4.78, 5) is 0.0429. The zero-order chi connectivity index (χ0) is 26.5. The summed E-state index contributed by atoms with van der Waals surface area (Å²) in [5.74, 6) is 1.81. The molecule has 36 heavy (non-hydrogen) atoms. The van der Waals surface area contributed by atoms with Gasteiger partial charge in [0.05, 0.1) is 56.2 Å². The van der Waals surface area contributed by atoms with Crippen LogP contribution in [0.4, 0.5) is 0 Å². The van der Waals surface area contributed by atoms with Crippen molar-refractivity contribution in [3.05, 3.63) is 69.2 Å². The van der Waals surface area contributed by atoms with E-state index in [1.54, 1.807) is 36.4 Å². The first-order valence-electron chi connectivity index (χ1n) is 10.6. The van der Waals surface area contributed by atoms with E-state index in [2.05, 4.69) is 0 Å². The first-order valence-corrected chi connectivity index (χ1v) is 13.0. The maximum absolute atomic E-state index is 13.3. The Balaban J connectivity index is 2.11. The van der Waals surface area contributed by atoms with Crippen LogP contribution >= 0.6 is 23.2 Å². The summed E-state index contributed by atoms with van der Waals surface area (Å²) in [6.45, 7) is 0. The van der Waals surface area contributed by atoms with Gasteiger partial charge in [0.1, 0.15) is 0 Å². The highest BCUT2D eigenvalue weighted by Crippen LogP contribution is 2.40. The molecule has 0 fully saturated rings. The average molecular weight is 553 g/mol. The first-order chi connectivity index (χ1) is 17.2. The van der Waals surface area contributed by atoms with Gasteiger partial charge in [-0.1, -0.05) is 41.4 Å². The average Bonchev–Trinajstić information content (AvgIpc) is 2.88. The van der Waals surface area contributed by atoms with E-state index in [9.17, 15) is 8.42 Å². The van der Waals surface area contributed by atoms with Crippen LogP contribution < -0.4 is 23.7 Å². The lowest BCUT2D eigenvalue weighted by atomic mass is 10.0. The molecule has 0 aliphatic rings. The lowest BCUT2D eigenvalue weighted by molar-refractivity contribution is 0.324. The molecule has 0 unspecified atom stereocenters. The molecule has 3 rings (SSSR count). The number of hydrogen-bond donors (Lipinski definition) is 0. The quantitative estimate of drug-likeness (QED) is 0.278. The van der Waals surface area contributed by atoms with Gasteiger partial charge in [-0.25, -0.2) is 8.42 Å². The highest BCUT2D eigenvalue weighted by molar-refractivity contribution is 7.90. The molecule has 0 aliphatic carbocycles. The number of halogens is 2. The van der Waals surface area contributed by atoms with Crippen LogP contribution in [-0.4, -0.2) is 44.0 Å². The molecular weight excluding hydrogens is 527 g/mol. The minimum atomic E-state index is -3.82. The van der Waals surface area contributed by atoms with Gasteiger partial charge in [0, 0.05) is 5.56 Å². The Morgan fingerprint density at radius 3 is 1.83 bits per heavy atom. The van der Waals surface area contributed by atoms with E-state index >= 15 is 0 Å². The molecule has 0 heterocycles. The van der Waals surface area contributed by atoms with Crippen LogP contribution in [0.2, 0.25) is 10.0 Å². The molecule has 0 aliphatic heterocycles. The second-order valence-electron chi connectivity index (χ2n) is 7.50. The van der Waals surface area contributed by atoms with Crippen LogP contribution in [0.15, 0.2) is 47.4 Å². The van der Waals surface area contributed by atoms with Gasteiger partial charge in [-0.2, -0.15) is 0 Å². The number of benzene rings is 3. The summed E-state index contributed by atoms with van der Waals surface area (Å²) in [5, 5.41) is 0.418. The minimum Gasteiger partial charge on any atom is -0.493 e. The Kier molecular flexibility index (Phi) is 9.00. The molecule has 192 valence electrons. The van der Waals surface area contributed by atoms with E-state index in [0.29, 0.717) is 39.9 Å². The van der Waals surface area contributed by atoms with Gasteiger partial charge >= 0.3 is 0 Å². The fourth-order valence-electron chi connectivity index (χ4n) is 3.64. The molecule has 0 radical (unpaired) electrons. The van der Waals surface area contributed by atoms with E-state index in [-0.39, 0.29) is 20.7 Å². The second kappa shape index (κ2) is 11.8. The standard InChI is InChI=1S/C26H26Cl2O7S/c1-31-22-11-8-17(7-6-16-12-23(32-2)26(35-5)24(13-16)33-3)19(25(22)34-4)15-36(29,30)18-9-10-20(27)21(28)14-18/h6-14H,15H2,1-5H3/b7-6-. The topological polar surface area (TPSA) is 80.3 Å². The third-order valence-corrected chi connectivity index (χ3v) is 7.79. The highest BCUT2D eigenvalue weighted by atomic mass is 35.5. The second-order valence-corrected chi connectivity index (χ2v) is 10.3. The number of ether oxygens (including phenoxy) is 5. The van der Waals surface area contributed by atoms with Crippen molar-refractivity contribution >= 4 is 45.2 Å². The largest absolute Gasteiger partial charge is 0.493 e. The normalized spacial score (nSPS) is 11.4. The van der Waals surface area contributed by atoms with E-state index in [1.165, 1.54) is 53.7 Å². The summed E-state index contributed by atoms with van der Waals surface area (Å²) in [6, 6.07) is 11.2. The molecule has 0 N–H and O–H groups in total. The molecule has 0 atom stereocenters. The lowest BCUT2D eigenvalue weighted by Crippen LogP contribution is -2.08. The number of rotatable bonds is 10. The van der Waals surface area contributed by atoms with E-state index in [0.717, 1.165) is 5.56 Å². The smallest absolute Gasteiger partial charge is 0.203 e. The molecule has 0 saturated heterocycles. The zero-order valence-corrected chi connectivity index (χ0v) is 22.8. The third-order valence-electron chi connectivity index (χ3n) is 5.41. The van der Waals surface area contributed by atoms with E-state index in [1.807, 2.05) is 0 Å². The highest BCUT2D eigenvalue weighted by Gasteiger charge is 2.23. The van der Waals surface area contributed by atoms with E-state index in [4.69, 9.17) is 46.9 Å². The summed E-state index contributed by atoms with van der Waals surface area (Å²) in [5.41, 5.74) is 1.79. The Bertz CT molecular complexity index is 1360. The van der Waals surface area contributed by atoms with Crippen LogP contribution in [0.5, 0.6) is 28.7 Å². The molecular formula is C26H26Cl2O7S. The Morgan fingerprint density at radius 2 is 1.31 bits per heavy atom. The fraction of sp³-hybridized carbons (Fsp3) is 0.231. The summed E-state index contributed by atoms with van der Waals surface area (Å²) in [7, 11) is 3.72. The molecule has 0 saturated carbocycles. The van der Waals surface area contributed by atoms with Gasteiger partial charge in [-0.15, -0.1) is 0 Å². The van der Waals surface area contributed by atoms with Crippen LogP contribution in [0.1, 0.15) is 16.7 Å². The fourth-order valence-corrected chi connectivity index (χ4v) is 5.42. The monoisotopic (exact) mass is 552 g/mol. The van der Waals surface area contributed by atoms with Crippen molar-refractivity contribution in [3.8, 4) is 28.7 Å². The molecule has 0 spiro atoms. The van der Waals surface area contributed by atoms with Gasteiger partial charge in [0.15, 0.2) is 32.8 Å². The van der Waals surface area contributed by atoms with E-state index < -0.39 is 9.84 Å². The van der Waals surface area contributed by atoms with Gasteiger partial charge < -0.3 is 23.7 Å². The first kappa shape index (κ1) is 27.5. The van der Waals surface area contributed by atoms with Gasteiger partial charge in [-0.3, -0.25) is 0 Å². The van der Waals surface area contributed by atoms with Crippen molar-refractivity contribution < 1.29 is 32.1 Å². The molecule has 7 nitrogen and oxygen atoms in total. The van der Waals surface area contributed by atoms with Crippen molar-refractivity contribution in [1.82, 2.24) is 0 Å². The molecule has 0 bridgehead atoms. The minimum absolute atomic E-state index is 0.0429. The Morgan fingerprint density at radius 1 is 0.694 bits per heavy atom. The number of hydrogen-bond acceptors (Lipinski definition) is 7.